The molecule has 0 aliphatic rings. The van der Waals surface area contributed by atoms with E-state index in [1.807, 2.05) is 34.6 Å². The number of thiophene rings is 1. The Labute approximate surface area is 197 Å². The van der Waals surface area contributed by atoms with Crippen LogP contribution in [0.5, 0.6) is 0 Å². The van der Waals surface area contributed by atoms with Crippen LogP contribution in [-0.2, 0) is 20.8 Å². The highest BCUT2D eigenvalue weighted by molar-refractivity contribution is 7.15. The molecule has 0 saturated carbocycles. The summed E-state index contributed by atoms with van der Waals surface area (Å²) in [6.07, 6.45) is 0.721. The maximum atomic E-state index is 13.3. The summed E-state index contributed by atoms with van der Waals surface area (Å²) in [5.74, 6) is -2.44. The molecule has 11 nitrogen and oxygen atoms in total. The van der Waals surface area contributed by atoms with Gasteiger partial charge in [-0.1, -0.05) is 46.0 Å². The topological polar surface area (TPSA) is 163 Å². The molecule has 1 aromatic rings. The van der Waals surface area contributed by atoms with Gasteiger partial charge in [0.05, 0.1) is 10.8 Å². The zero-order valence-electron chi connectivity index (χ0n) is 19.9. The molecule has 1 rings (SSSR count). The van der Waals surface area contributed by atoms with Gasteiger partial charge in [0.15, 0.2) is 0 Å². The summed E-state index contributed by atoms with van der Waals surface area (Å²) in [7, 11) is 1.48. The van der Waals surface area contributed by atoms with Crippen molar-refractivity contribution in [3.05, 3.63) is 27.1 Å². The minimum atomic E-state index is -1.07. The molecule has 0 aliphatic carbocycles. The highest BCUT2D eigenvalue weighted by atomic mass is 32.1. The van der Waals surface area contributed by atoms with Crippen LogP contribution in [0.4, 0.5) is 5.00 Å². The average molecular weight is 486 g/mol. The molecule has 0 spiro atoms. The van der Waals surface area contributed by atoms with Crippen molar-refractivity contribution in [3.8, 4) is 0 Å². The molecule has 0 unspecified atom stereocenters. The number of hydrogen-bond acceptors (Lipinski definition) is 8. The Kier molecular flexibility index (Phi) is 10.9. The lowest BCUT2D eigenvalue weighted by molar-refractivity contribution is -0.380. The van der Waals surface area contributed by atoms with E-state index in [2.05, 4.69) is 16.0 Å². The van der Waals surface area contributed by atoms with E-state index >= 15 is 0 Å². The largest absolute Gasteiger partial charge is 0.357 e. The van der Waals surface area contributed by atoms with Gasteiger partial charge in [-0.05, 0) is 30.2 Å². The van der Waals surface area contributed by atoms with Crippen LogP contribution in [0.25, 0.3) is 0 Å². The highest BCUT2D eigenvalue weighted by Crippen LogP contribution is 2.25. The first-order chi connectivity index (χ1) is 15.3. The molecule has 1 aromatic heterocycles. The van der Waals surface area contributed by atoms with Gasteiger partial charge in [0.2, 0.25) is 11.8 Å². The first-order valence-electron chi connectivity index (χ1n) is 10.7. The van der Waals surface area contributed by atoms with E-state index < -0.39 is 40.2 Å². The standard InChI is InChI=1S/C21H35N5O6S/c1-12(2)11-14(18(27)24-17(20(29)22-6)21(3,4)5)16(19(28)25-30)23-10-9-13-7-8-15(33-13)26(31)32/h7-8,12,14,16-17,23,30H,9-11H2,1-6H3,(H,22,29)(H,24,27)(H,25,28)/t14-,16+,17-/m1/s1. The number of nitrogens with one attached hydrogen (secondary N) is 4. The van der Waals surface area contributed by atoms with Crippen LogP contribution in [0.15, 0.2) is 12.1 Å². The molecule has 0 fully saturated rings. The molecule has 0 aliphatic heterocycles. The molecule has 3 amide bonds. The van der Waals surface area contributed by atoms with Crippen LogP contribution in [0.1, 0.15) is 45.9 Å². The predicted molar refractivity (Wildman–Crippen MR) is 125 cm³/mol. The van der Waals surface area contributed by atoms with Gasteiger partial charge in [-0.25, -0.2) is 5.48 Å². The minimum Gasteiger partial charge on any atom is -0.357 e. The second-order valence-electron chi connectivity index (χ2n) is 9.31. The molecule has 0 bridgehead atoms. The Hall–Kier alpha value is -2.57. The summed E-state index contributed by atoms with van der Waals surface area (Å²) in [4.78, 5) is 49.3. The monoisotopic (exact) mass is 485 g/mol. The number of nitro groups is 1. The number of hydroxylamine groups is 1. The number of carbonyl (C=O) groups is 3. The van der Waals surface area contributed by atoms with E-state index in [1.165, 1.54) is 13.1 Å². The average Bonchev–Trinajstić information content (AvgIpc) is 3.20. The lowest BCUT2D eigenvalue weighted by Crippen LogP contribution is -2.58. The van der Waals surface area contributed by atoms with Gasteiger partial charge < -0.3 is 16.0 Å². The maximum Gasteiger partial charge on any atom is 0.324 e. The molecule has 0 radical (unpaired) electrons. The molecule has 12 heteroatoms. The van der Waals surface area contributed by atoms with Gasteiger partial charge in [0, 0.05) is 24.5 Å². The second kappa shape index (κ2) is 12.6. The Morgan fingerprint density at radius 3 is 2.24 bits per heavy atom. The third kappa shape index (κ3) is 8.71. The quantitative estimate of drug-likeness (QED) is 0.171. The third-order valence-electron chi connectivity index (χ3n) is 5.08. The van der Waals surface area contributed by atoms with E-state index in [0.29, 0.717) is 12.8 Å². The molecule has 5 N–H and O–H groups in total. The first kappa shape index (κ1) is 28.5. The summed E-state index contributed by atoms with van der Waals surface area (Å²) in [6, 6.07) is 1.16. The van der Waals surface area contributed by atoms with Crippen molar-refractivity contribution in [2.75, 3.05) is 13.6 Å². The Morgan fingerprint density at radius 1 is 1.15 bits per heavy atom. The van der Waals surface area contributed by atoms with Crippen LogP contribution in [0.3, 0.4) is 0 Å². The van der Waals surface area contributed by atoms with Gasteiger partial charge in [-0.15, -0.1) is 0 Å². The van der Waals surface area contributed by atoms with Crippen molar-refractivity contribution in [1.82, 2.24) is 21.4 Å². The molecule has 0 saturated heterocycles. The Morgan fingerprint density at radius 2 is 1.79 bits per heavy atom. The van der Waals surface area contributed by atoms with E-state index in [0.717, 1.165) is 16.2 Å². The molecule has 33 heavy (non-hydrogen) atoms. The van der Waals surface area contributed by atoms with E-state index in [9.17, 15) is 29.7 Å². The predicted octanol–water partition coefficient (Wildman–Crippen LogP) is 1.60. The smallest absolute Gasteiger partial charge is 0.324 e. The van der Waals surface area contributed by atoms with Crippen LogP contribution in [-0.4, -0.2) is 53.5 Å². The number of carbonyl (C=O) groups excluding carboxylic acids is 3. The second-order valence-corrected chi connectivity index (χ2v) is 10.5. The minimum absolute atomic E-state index is 0.0223. The highest BCUT2D eigenvalue weighted by Gasteiger charge is 2.38. The van der Waals surface area contributed by atoms with Gasteiger partial charge in [-0.3, -0.25) is 29.7 Å². The van der Waals surface area contributed by atoms with Crippen molar-refractivity contribution in [1.29, 1.82) is 0 Å². The third-order valence-corrected chi connectivity index (χ3v) is 6.18. The van der Waals surface area contributed by atoms with E-state index in [-0.39, 0.29) is 23.4 Å². The van der Waals surface area contributed by atoms with E-state index in [4.69, 9.17) is 0 Å². The van der Waals surface area contributed by atoms with Crippen molar-refractivity contribution in [2.24, 2.45) is 17.3 Å². The van der Waals surface area contributed by atoms with Crippen LogP contribution in [0, 0.1) is 27.4 Å². The summed E-state index contributed by atoms with van der Waals surface area (Å²) >= 11 is 1.04. The summed E-state index contributed by atoms with van der Waals surface area (Å²) in [5, 5.41) is 28.5. The first-order valence-corrected chi connectivity index (χ1v) is 11.6. The van der Waals surface area contributed by atoms with Gasteiger partial charge in [0.25, 0.3) is 5.91 Å². The van der Waals surface area contributed by atoms with E-state index in [1.54, 1.807) is 11.5 Å². The van der Waals surface area contributed by atoms with Crippen LogP contribution in [0.2, 0.25) is 0 Å². The number of rotatable bonds is 12. The SMILES string of the molecule is CNC(=O)[C@@H](NC(=O)[C@H](CC(C)C)[C@H](NCCc1ccc([N+](=O)[O-])s1)C(=O)NO)C(C)(C)C. The zero-order valence-corrected chi connectivity index (χ0v) is 20.7. The number of hydrogen-bond donors (Lipinski definition) is 5. The summed E-state index contributed by atoms with van der Waals surface area (Å²) in [6.45, 7) is 9.51. The van der Waals surface area contributed by atoms with Crippen molar-refractivity contribution >= 4 is 34.1 Å². The van der Waals surface area contributed by atoms with Gasteiger partial charge in [-0.2, -0.15) is 0 Å². The Bertz CT molecular complexity index is 835. The van der Waals surface area contributed by atoms with Crippen molar-refractivity contribution < 1.29 is 24.5 Å². The fraction of sp³-hybridized carbons (Fsp3) is 0.667. The maximum absolute atomic E-state index is 13.3. The number of likely N-dealkylation sites (N-methyl/N-ethyl adjacent to an activating group) is 1. The normalized spacial score (nSPS) is 14.3. The van der Waals surface area contributed by atoms with Gasteiger partial charge >= 0.3 is 5.00 Å². The zero-order chi connectivity index (χ0) is 25.3. The molecule has 186 valence electrons. The van der Waals surface area contributed by atoms with Gasteiger partial charge in [0.1, 0.15) is 12.1 Å². The van der Waals surface area contributed by atoms with Crippen molar-refractivity contribution in [3.63, 3.8) is 0 Å². The Balaban J connectivity index is 3.06. The summed E-state index contributed by atoms with van der Waals surface area (Å²) < 4.78 is 0. The number of nitrogens with zero attached hydrogens (tertiary/aromatic N) is 1. The molecule has 0 aromatic carbocycles. The fourth-order valence-corrected chi connectivity index (χ4v) is 4.23. The molecular formula is C21H35N5O6S. The van der Waals surface area contributed by atoms with Crippen LogP contribution >= 0.6 is 11.3 Å². The van der Waals surface area contributed by atoms with Crippen molar-refractivity contribution in [2.45, 2.75) is 59.5 Å². The fourth-order valence-electron chi connectivity index (χ4n) is 3.41. The lowest BCUT2D eigenvalue weighted by atomic mass is 9.84. The van der Waals surface area contributed by atoms with Crippen LogP contribution < -0.4 is 21.4 Å². The molecule has 1 heterocycles. The lowest BCUT2D eigenvalue weighted by Gasteiger charge is -2.33. The number of amides is 3. The summed E-state index contributed by atoms with van der Waals surface area (Å²) in [5.41, 5.74) is 1.04. The molecular weight excluding hydrogens is 450 g/mol. The molecule has 3 atom stereocenters.